The summed E-state index contributed by atoms with van der Waals surface area (Å²) in [6.45, 7) is 0. The lowest BCUT2D eigenvalue weighted by Gasteiger charge is -2.09. The van der Waals surface area contributed by atoms with Crippen LogP contribution in [0.25, 0.3) is 10.9 Å². The molecule has 0 unspecified atom stereocenters. The van der Waals surface area contributed by atoms with Crippen LogP contribution in [0.4, 0.5) is 15.8 Å². The van der Waals surface area contributed by atoms with E-state index < -0.39 is 29.1 Å². The van der Waals surface area contributed by atoms with E-state index in [0.29, 0.717) is 16.6 Å². The fourth-order valence-corrected chi connectivity index (χ4v) is 2.35. The number of fused-ring (bicyclic) bond motifs is 1. The molecule has 0 aliphatic heterocycles. The Morgan fingerprint density at radius 2 is 1.88 bits per heavy atom. The first-order valence-corrected chi connectivity index (χ1v) is 7.30. The fraction of sp³-hybridized carbons (Fsp3) is 0.0625. The van der Waals surface area contributed by atoms with E-state index in [-0.39, 0.29) is 11.3 Å². The summed E-state index contributed by atoms with van der Waals surface area (Å²) in [5, 5.41) is 14.2. The van der Waals surface area contributed by atoms with Crippen LogP contribution in [0.2, 0.25) is 0 Å². The molecule has 0 radical (unpaired) electrons. The summed E-state index contributed by atoms with van der Waals surface area (Å²) in [6.07, 6.45) is 2.20. The van der Waals surface area contributed by atoms with Gasteiger partial charge in [0.1, 0.15) is 11.4 Å². The molecule has 4 N–H and O–H groups in total. The highest BCUT2D eigenvalue weighted by molar-refractivity contribution is 6.06. The number of aromatic carboxylic acids is 1. The van der Waals surface area contributed by atoms with Gasteiger partial charge in [0.15, 0.2) is 0 Å². The van der Waals surface area contributed by atoms with Gasteiger partial charge < -0.3 is 20.7 Å². The average molecular weight is 357 g/mol. The van der Waals surface area contributed by atoms with Gasteiger partial charge in [0, 0.05) is 12.4 Å². The minimum atomic E-state index is -1.31. The number of carbonyl (C=O) groups excluding carboxylic acids is 1. The second-order valence-corrected chi connectivity index (χ2v) is 5.23. The number of carbonyl (C=O) groups is 2. The van der Waals surface area contributed by atoms with Gasteiger partial charge in [-0.1, -0.05) is 0 Å². The number of pyridine rings is 1. The molecule has 132 valence electrons. The molecule has 0 fully saturated rings. The second-order valence-electron chi connectivity index (χ2n) is 5.23. The van der Waals surface area contributed by atoms with Gasteiger partial charge in [-0.3, -0.25) is 9.59 Å². The first-order chi connectivity index (χ1) is 12.4. The Labute approximate surface area is 144 Å². The second kappa shape index (κ2) is 6.59. The number of nitrogens with zero attached hydrogens (tertiary/aromatic N) is 2. The van der Waals surface area contributed by atoms with Crippen molar-refractivity contribution in [3.8, 4) is 0 Å². The minimum Gasteiger partial charge on any atom is -0.475 e. The lowest BCUT2D eigenvalue weighted by atomic mass is 10.1. The number of amides is 1. The summed E-state index contributed by atoms with van der Waals surface area (Å²) in [5.74, 6) is -3.04. The Bertz CT molecular complexity index is 1080. The van der Waals surface area contributed by atoms with Gasteiger partial charge in [0.05, 0.1) is 29.3 Å². The number of aromatic amines is 1. The number of carboxylic acids is 1. The van der Waals surface area contributed by atoms with Crippen LogP contribution in [0.1, 0.15) is 21.0 Å². The first kappa shape index (κ1) is 17.0. The monoisotopic (exact) mass is 357 g/mol. The Morgan fingerprint density at radius 3 is 2.50 bits per heavy atom. The highest BCUT2D eigenvalue weighted by atomic mass is 19.1. The van der Waals surface area contributed by atoms with Gasteiger partial charge in [0.2, 0.25) is 5.82 Å². The van der Waals surface area contributed by atoms with Crippen LogP contribution in [-0.4, -0.2) is 39.0 Å². The van der Waals surface area contributed by atoms with Gasteiger partial charge in [-0.15, -0.1) is 0 Å². The van der Waals surface area contributed by atoms with Gasteiger partial charge >= 0.3 is 5.97 Å². The fourth-order valence-electron chi connectivity index (χ4n) is 2.35. The zero-order valence-corrected chi connectivity index (χ0v) is 13.3. The van der Waals surface area contributed by atoms with Gasteiger partial charge in [-0.05, 0) is 18.2 Å². The predicted molar refractivity (Wildman–Crippen MR) is 91.0 cm³/mol. The van der Waals surface area contributed by atoms with Gasteiger partial charge in [-0.2, -0.15) is 0 Å². The summed E-state index contributed by atoms with van der Waals surface area (Å²) in [6, 6.07) is 3.67. The van der Waals surface area contributed by atoms with Crippen molar-refractivity contribution < 1.29 is 19.1 Å². The molecular weight excluding hydrogens is 345 g/mol. The quantitative estimate of drug-likeness (QED) is 0.554. The summed E-state index contributed by atoms with van der Waals surface area (Å²) in [7, 11) is 1.58. The molecular formula is C16H12FN5O4. The van der Waals surface area contributed by atoms with Crippen LogP contribution >= 0.6 is 0 Å². The molecule has 0 aliphatic rings. The predicted octanol–water partition coefficient (Wildman–Crippen LogP) is 1.45. The van der Waals surface area contributed by atoms with Gasteiger partial charge in [0.25, 0.3) is 11.5 Å². The Balaban J connectivity index is 1.96. The molecule has 0 saturated heterocycles. The smallest absolute Gasteiger partial charge is 0.373 e. The van der Waals surface area contributed by atoms with E-state index in [9.17, 15) is 18.8 Å². The molecule has 9 nitrogen and oxygen atoms in total. The summed E-state index contributed by atoms with van der Waals surface area (Å²) < 4.78 is 13.7. The SMILES string of the molecule is CNc1cc(F)cc2cc(C(=O)Nc3cnc(C(=O)O)nc3)c(=O)[nH]c12. The van der Waals surface area contributed by atoms with Crippen LogP contribution < -0.4 is 16.2 Å². The number of benzene rings is 1. The number of anilines is 2. The van der Waals surface area contributed by atoms with Crippen molar-refractivity contribution in [2.24, 2.45) is 0 Å². The maximum absolute atomic E-state index is 13.7. The lowest BCUT2D eigenvalue weighted by Crippen LogP contribution is -2.23. The maximum Gasteiger partial charge on any atom is 0.373 e. The molecule has 1 amide bonds. The zero-order chi connectivity index (χ0) is 18.8. The molecule has 3 aromatic rings. The summed E-state index contributed by atoms with van der Waals surface area (Å²) in [5.41, 5.74) is -0.0605. The van der Waals surface area contributed by atoms with E-state index in [4.69, 9.17) is 5.11 Å². The highest BCUT2D eigenvalue weighted by Gasteiger charge is 2.15. The van der Waals surface area contributed by atoms with Crippen LogP contribution in [0.3, 0.4) is 0 Å². The number of aromatic nitrogens is 3. The number of carboxylic acid groups (broad SMARTS) is 1. The summed E-state index contributed by atoms with van der Waals surface area (Å²) >= 11 is 0. The molecule has 0 spiro atoms. The van der Waals surface area contributed by atoms with E-state index in [0.717, 1.165) is 12.4 Å². The standard InChI is InChI=1S/C16H12FN5O4/c1-18-11-4-8(17)2-7-3-10(15(24)22-12(7)11)14(23)21-9-5-19-13(16(25)26)20-6-9/h2-6,18H,1H3,(H,21,23)(H,22,24)(H,25,26). The van der Waals surface area contributed by atoms with Crippen molar-refractivity contribution in [1.82, 2.24) is 15.0 Å². The largest absolute Gasteiger partial charge is 0.475 e. The van der Waals surface area contributed by atoms with Crippen molar-refractivity contribution in [2.45, 2.75) is 0 Å². The maximum atomic E-state index is 13.7. The number of H-pyrrole nitrogens is 1. The molecule has 1 aromatic carbocycles. The summed E-state index contributed by atoms with van der Waals surface area (Å²) in [4.78, 5) is 44.9. The number of rotatable bonds is 4. The minimum absolute atomic E-state index is 0.106. The molecule has 3 rings (SSSR count). The number of nitrogens with one attached hydrogen (secondary N) is 3. The Morgan fingerprint density at radius 1 is 1.19 bits per heavy atom. The third-order valence-electron chi connectivity index (χ3n) is 3.53. The topological polar surface area (TPSA) is 137 Å². The molecule has 10 heteroatoms. The lowest BCUT2D eigenvalue weighted by molar-refractivity contribution is 0.0683. The highest BCUT2D eigenvalue weighted by Crippen LogP contribution is 2.22. The first-order valence-electron chi connectivity index (χ1n) is 7.30. The number of hydrogen-bond acceptors (Lipinski definition) is 6. The van der Waals surface area contributed by atoms with E-state index in [2.05, 4.69) is 25.6 Å². The van der Waals surface area contributed by atoms with Crippen molar-refractivity contribution in [3.05, 3.63) is 58.2 Å². The number of halogens is 1. The molecule has 0 saturated carbocycles. The van der Waals surface area contributed by atoms with Crippen LogP contribution in [0.15, 0.2) is 35.4 Å². The molecule has 2 heterocycles. The molecule has 26 heavy (non-hydrogen) atoms. The van der Waals surface area contributed by atoms with E-state index in [1.165, 1.54) is 18.2 Å². The van der Waals surface area contributed by atoms with Crippen LogP contribution in [0.5, 0.6) is 0 Å². The van der Waals surface area contributed by atoms with Crippen molar-refractivity contribution in [2.75, 3.05) is 17.7 Å². The molecule has 0 aliphatic carbocycles. The third kappa shape index (κ3) is 3.20. The molecule has 2 aromatic heterocycles. The average Bonchev–Trinajstić information content (AvgIpc) is 2.61. The van der Waals surface area contributed by atoms with Crippen molar-refractivity contribution >= 4 is 34.2 Å². The Kier molecular flexibility index (Phi) is 4.31. The van der Waals surface area contributed by atoms with Gasteiger partial charge in [-0.25, -0.2) is 19.2 Å². The normalized spacial score (nSPS) is 10.5. The number of hydrogen-bond donors (Lipinski definition) is 4. The van der Waals surface area contributed by atoms with Crippen molar-refractivity contribution in [3.63, 3.8) is 0 Å². The zero-order valence-electron chi connectivity index (χ0n) is 13.3. The molecule has 0 bridgehead atoms. The molecule has 0 atom stereocenters. The van der Waals surface area contributed by atoms with E-state index >= 15 is 0 Å². The van der Waals surface area contributed by atoms with E-state index in [1.807, 2.05) is 0 Å². The Hall–Kier alpha value is -3.82. The van der Waals surface area contributed by atoms with Crippen LogP contribution in [-0.2, 0) is 0 Å². The van der Waals surface area contributed by atoms with E-state index in [1.54, 1.807) is 7.05 Å². The van der Waals surface area contributed by atoms with Crippen LogP contribution in [0, 0.1) is 5.82 Å². The van der Waals surface area contributed by atoms with Crippen molar-refractivity contribution in [1.29, 1.82) is 0 Å². The third-order valence-corrected chi connectivity index (χ3v) is 3.53.